The van der Waals surface area contributed by atoms with Crippen LogP contribution in [0.5, 0.6) is 0 Å². The van der Waals surface area contributed by atoms with Crippen molar-refractivity contribution in [2.75, 3.05) is 36.4 Å². The predicted octanol–water partition coefficient (Wildman–Crippen LogP) is 2.69. The number of carbonyl (C=O) groups excluding carboxylic acids is 2. The maximum absolute atomic E-state index is 12.8. The molecule has 1 N–H and O–H groups in total. The number of benzene rings is 2. The normalized spacial score (nSPS) is 13.8. The molecular weight excluding hydrogens is 366 g/mol. The first-order valence-electron chi connectivity index (χ1n) is 9.48. The molecule has 0 spiro atoms. The molecule has 29 heavy (non-hydrogen) atoms. The highest BCUT2D eigenvalue weighted by Gasteiger charge is 2.23. The number of para-hydroxylation sites is 1. The lowest BCUT2D eigenvalue weighted by Gasteiger charge is -2.34. The second kappa shape index (κ2) is 8.52. The van der Waals surface area contributed by atoms with Gasteiger partial charge < -0.3 is 15.1 Å². The van der Waals surface area contributed by atoms with Crippen molar-refractivity contribution in [2.24, 2.45) is 0 Å². The van der Waals surface area contributed by atoms with Crippen LogP contribution in [-0.2, 0) is 0 Å². The number of aromatic nitrogens is 2. The molecule has 3 aromatic rings. The number of piperazine rings is 1. The molecule has 1 saturated heterocycles. The number of carbonyl (C=O) groups is 2. The summed E-state index contributed by atoms with van der Waals surface area (Å²) in [6.45, 7) is 2.58. The molecule has 0 saturated carbocycles. The Morgan fingerprint density at radius 3 is 2.03 bits per heavy atom. The highest BCUT2D eigenvalue weighted by molar-refractivity contribution is 6.05. The van der Waals surface area contributed by atoms with Gasteiger partial charge in [-0.15, -0.1) is 0 Å². The molecule has 1 fully saturated rings. The number of nitrogens with one attached hydrogen (secondary N) is 1. The fourth-order valence-electron chi connectivity index (χ4n) is 3.24. The van der Waals surface area contributed by atoms with Crippen molar-refractivity contribution in [1.82, 2.24) is 14.9 Å². The van der Waals surface area contributed by atoms with Crippen molar-refractivity contribution < 1.29 is 9.59 Å². The third-order valence-electron chi connectivity index (χ3n) is 4.83. The molecule has 0 atom stereocenters. The first-order chi connectivity index (χ1) is 14.2. The SMILES string of the molecule is O=C(Nc1ccccc1)c1ccc(C(=O)N2CCN(c3ncccn3)CC2)cc1. The fourth-order valence-corrected chi connectivity index (χ4v) is 3.24. The Bertz CT molecular complexity index is 969. The summed E-state index contributed by atoms with van der Waals surface area (Å²) in [5.74, 6) is 0.453. The summed E-state index contributed by atoms with van der Waals surface area (Å²) < 4.78 is 0. The number of hydrogen-bond acceptors (Lipinski definition) is 5. The topological polar surface area (TPSA) is 78.4 Å². The highest BCUT2D eigenvalue weighted by Crippen LogP contribution is 2.14. The van der Waals surface area contributed by atoms with Crippen molar-refractivity contribution in [3.63, 3.8) is 0 Å². The molecule has 1 aliphatic rings. The van der Waals surface area contributed by atoms with Crippen molar-refractivity contribution >= 4 is 23.5 Å². The quantitative estimate of drug-likeness (QED) is 0.745. The molecule has 7 heteroatoms. The molecule has 0 aliphatic carbocycles. The van der Waals surface area contributed by atoms with E-state index >= 15 is 0 Å². The van der Waals surface area contributed by atoms with Crippen molar-refractivity contribution in [2.45, 2.75) is 0 Å². The van der Waals surface area contributed by atoms with Crippen LogP contribution < -0.4 is 10.2 Å². The van der Waals surface area contributed by atoms with Gasteiger partial charge in [-0.3, -0.25) is 9.59 Å². The Morgan fingerprint density at radius 1 is 0.759 bits per heavy atom. The number of rotatable bonds is 4. The zero-order valence-corrected chi connectivity index (χ0v) is 15.9. The van der Waals surface area contributed by atoms with Gasteiger partial charge >= 0.3 is 0 Å². The van der Waals surface area contributed by atoms with Crippen LogP contribution in [0.15, 0.2) is 73.1 Å². The number of anilines is 2. The van der Waals surface area contributed by atoms with E-state index < -0.39 is 0 Å². The second-order valence-corrected chi connectivity index (χ2v) is 6.73. The van der Waals surface area contributed by atoms with Gasteiger partial charge in [0.15, 0.2) is 0 Å². The lowest BCUT2D eigenvalue weighted by molar-refractivity contribution is 0.0745. The minimum Gasteiger partial charge on any atom is -0.337 e. The predicted molar refractivity (Wildman–Crippen MR) is 111 cm³/mol. The molecule has 4 rings (SSSR count). The Labute approximate surface area is 169 Å². The van der Waals surface area contributed by atoms with Crippen molar-refractivity contribution in [3.05, 3.63) is 84.2 Å². The Kier molecular flexibility index (Phi) is 5.47. The summed E-state index contributed by atoms with van der Waals surface area (Å²) in [5, 5.41) is 2.84. The van der Waals surface area contributed by atoms with E-state index in [1.165, 1.54) is 0 Å². The monoisotopic (exact) mass is 387 g/mol. The van der Waals surface area contributed by atoms with Gasteiger partial charge in [0.2, 0.25) is 5.95 Å². The third-order valence-corrected chi connectivity index (χ3v) is 4.83. The zero-order chi connectivity index (χ0) is 20.1. The van der Waals surface area contributed by atoms with Crippen molar-refractivity contribution in [1.29, 1.82) is 0 Å². The lowest BCUT2D eigenvalue weighted by Crippen LogP contribution is -2.49. The van der Waals surface area contributed by atoms with Crippen LogP contribution in [-0.4, -0.2) is 52.9 Å². The summed E-state index contributed by atoms with van der Waals surface area (Å²) in [5.41, 5.74) is 1.82. The zero-order valence-electron chi connectivity index (χ0n) is 15.9. The maximum Gasteiger partial charge on any atom is 0.255 e. The number of nitrogens with zero attached hydrogens (tertiary/aromatic N) is 4. The van der Waals surface area contributed by atoms with Gasteiger partial charge in [0.25, 0.3) is 11.8 Å². The van der Waals surface area contributed by atoms with E-state index in [2.05, 4.69) is 20.2 Å². The van der Waals surface area contributed by atoms with Crippen LogP contribution in [0.3, 0.4) is 0 Å². The van der Waals surface area contributed by atoms with E-state index in [1.807, 2.05) is 35.2 Å². The van der Waals surface area contributed by atoms with E-state index in [9.17, 15) is 9.59 Å². The van der Waals surface area contributed by atoms with Gasteiger partial charge in [-0.2, -0.15) is 0 Å². The molecular formula is C22H21N5O2. The van der Waals surface area contributed by atoms with Crippen LogP contribution in [0.2, 0.25) is 0 Å². The summed E-state index contributed by atoms with van der Waals surface area (Å²) in [4.78, 5) is 37.5. The maximum atomic E-state index is 12.8. The largest absolute Gasteiger partial charge is 0.337 e. The van der Waals surface area contributed by atoms with E-state index in [0.717, 1.165) is 5.69 Å². The molecule has 2 amide bonds. The Hall–Kier alpha value is -3.74. The van der Waals surface area contributed by atoms with Crippen molar-refractivity contribution in [3.8, 4) is 0 Å². The van der Waals surface area contributed by atoms with E-state index in [0.29, 0.717) is 43.3 Å². The lowest BCUT2D eigenvalue weighted by atomic mass is 10.1. The summed E-state index contributed by atoms with van der Waals surface area (Å²) in [7, 11) is 0. The molecule has 146 valence electrons. The van der Waals surface area contributed by atoms with Crippen LogP contribution in [0.4, 0.5) is 11.6 Å². The van der Waals surface area contributed by atoms with Crippen LogP contribution in [0.1, 0.15) is 20.7 Å². The van der Waals surface area contributed by atoms with Crippen LogP contribution in [0, 0.1) is 0 Å². The van der Waals surface area contributed by atoms with E-state index in [-0.39, 0.29) is 11.8 Å². The molecule has 0 radical (unpaired) electrons. The smallest absolute Gasteiger partial charge is 0.255 e. The summed E-state index contributed by atoms with van der Waals surface area (Å²) in [6.07, 6.45) is 3.44. The van der Waals surface area contributed by atoms with Gasteiger partial charge in [0, 0.05) is 55.4 Å². The number of amides is 2. The number of hydrogen-bond donors (Lipinski definition) is 1. The first kappa shape index (κ1) is 18.6. The molecule has 7 nitrogen and oxygen atoms in total. The standard InChI is InChI=1S/C22H21N5O2/c28-20(25-19-5-2-1-3-6-19)17-7-9-18(10-8-17)21(29)26-13-15-27(16-14-26)22-23-11-4-12-24-22/h1-12H,13-16H2,(H,25,28). The molecule has 2 heterocycles. The van der Waals surface area contributed by atoms with Gasteiger partial charge in [0.05, 0.1) is 0 Å². The molecule has 0 bridgehead atoms. The minimum atomic E-state index is -0.202. The molecule has 1 aliphatic heterocycles. The average molecular weight is 387 g/mol. The molecule has 0 unspecified atom stereocenters. The van der Waals surface area contributed by atoms with E-state index in [1.54, 1.807) is 42.7 Å². The summed E-state index contributed by atoms with van der Waals surface area (Å²) >= 11 is 0. The molecule has 2 aromatic carbocycles. The minimum absolute atomic E-state index is 0.0337. The second-order valence-electron chi connectivity index (χ2n) is 6.73. The van der Waals surface area contributed by atoms with E-state index in [4.69, 9.17) is 0 Å². The summed E-state index contributed by atoms with van der Waals surface area (Å²) in [6, 6.07) is 17.8. The third kappa shape index (κ3) is 4.40. The Morgan fingerprint density at radius 2 is 1.38 bits per heavy atom. The van der Waals surface area contributed by atoms with Crippen LogP contribution in [0.25, 0.3) is 0 Å². The van der Waals surface area contributed by atoms with Gasteiger partial charge in [-0.25, -0.2) is 9.97 Å². The first-order valence-corrected chi connectivity index (χ1v) is 9.48. The average Bonchev–Trinajstić information content (AvgIpc) is 2.80. The highest BCUT2D eigenvalue weighted by atomic mass is 16.2. The van der Waals surface area contributed by atoms with Gasteiger partial charge in [-0.05, 0) is 42.5 Å². The van der Waals surface area contributed by atoms with Gasteiger partial charge in [0.1, 0.15) is 0 Å². The Balaban J connectivity index is 1.35. The van der Waals surface area contributed by atoms with Gasteiger partial charge in [-0.1, -0.05) is 18.2 Å². The molecule has 1 aromatic heterocycles. The fraction of sp³-hybridized carbons (Fsp3) is 0.182. The van der Waals surface area contributed by atoms with Crippen LogP contribution >= 0.6 is 0 Å².